The summed E-state index contributed by atoms with van der Waals surface area (Å²) >= 11 is 0. The van der Waals surface area contributed by atoms with Gasteiger partial charge >= 0.3 is 0 Å². The van der Waals surface area contributed by atoms with Crippen LogP contribution in [0.4, 0.5) is 11.5 Å². The van der Waals surface area contributed by atoms with E-state index in [1.54, 1.807) is 0 Å². The number of anilines is 2. The van der Waals surface area contributed by atoms with Crippen molar-refractivity contribution in [2.45, 2.75) is 26.8 Å². The Kier molecular flexibility index (Phi) is 3.46. The first kappa shape index (κ1) is 12.4. The van der Waals surface area contributed by atoms with Crippen LogP contribution >= 0.6 is 0 Å². The van der Waals surface area contributed by atoms with E-state index in [-0.39, 0.29) is 6.04 Å². The number of nitrogens with two attached hydrogens (primary N) is 1. The van der Waals surface area contributed by atoms with E-state index in [1.807, 2.05) is 38.1 Å². The summed E-state index contributed by atoms with van der Waals surface area (Å²) in [4.78, 5) is 8.63. The average Bonchev–Trinajstić information content (AvgIpc) is 2.27. The lowest BCUT2D eigenvalue weighted by molar-refractivity contribution is 0.864. The maximum atomic E-state index is 5.78. The molecule has 1 heterocycles. The molecular weight excluding hydrogens is 224 g/mol. The molecule has 1 aromatic carbocycles. The summed E-state index contributed by atoms with van der Waals surface area (Å²) < 4.78 is 0. The van der Waals surface area contributed by atoms with Gasteiger partial charge in [-0.25, -0.2) is 9.97 Å². The second-order valence-corrected chi connectivity index (χ2v) is 4.48. The quantitative estimate of drug-likeness (QED) is 0.812. The first-order chi connectivity index (χ1) is 8.54. The van der Waals surface area contributed by atoms with Crippen molar-refractivity contribution in [1.82, 2.24) is 9.97 Å². The van der Waals surface area contributed by atoms with Gasteiger partial charge in [-0.05, 0) is 38.5 Å². The Balaban J connectivity index is 2.18. The Morgan fingerprint density at radius 2 is 1.94 bits per heavy atom. The van der Waals surface area contributed by atoms with Crippen LogP contribution in [0.2, 0.25) is 0 Å². The van der Waals surface area contributed by atoms with E-state index in [1.165, 1.54) is 0 Å². The van der Waals surface area contributed by atoms with Gasteiger partial charge in [0.2, 0.25) is 0 Å². The minimum absolute atomic E-state index is 0.155. The van der Waals surface area contributed by atoms with Gasteiger partial charge in [-0.15, -0.1) is 0 Å². The van der Waals surface area contributed by atoms with E-state index in [0.29, 0.717) is 0 Å². The Morgan fingerprint density at radius 3 is 2.61 bits per heavy atom. The molecule has 4 heteroatoms. The number of nitrogens with zero attached hydrogens (tertiary/aromatic N) is 2. The van der Waals surface area contributed by atoms with Crippen LogP contribution in [0.25, 0.3) is 0 Å². The van der Waals surface area contributed by atoms with Crippen molar-refractivity contribution in [3.63, 3.8) is 0 Å². The first-order valence-electron chi connectivity index (χ1n) is 5.99. The van der Waals surface area contributed by atoms with Crippen molar-refractivity contribution in [1.29, 1.82) is 0 Å². The molecule has 0 aliphatic rings. The summed E-state index contributed by atoms with van der Waals surface area (Å²) in [6, 6.07) is 9.96. The lowest BCUT2D eigenvalue weighted by Crippen LogP contribution is -2.09. The van der Waals surface area contributed by atoms with Crippen molar-refractivity contribution in [2.75, 3.05) is 11.1 Å². The monoisotopic (exact) mass is 242 g/mol. The van der Waals surface area contributed by atoms with Gasteiger partial charge in [-0.2, -0.15) is 0 Å². The first-order valence-corrected chi connectivity index (χ1v) is 5.99. The highest BCUT2D eigenvalue weighted by atomic mass is 15.0. The molecule has 0 saturated carbocycles. The van der Waals surface area contributed by atoms with Crippen LogP contribution < -0.4 is 11.1 Å². The maximum absolute atomic E-state index is 5.78. The van der Waals surface area contributed by atoms with Crippen LogP contribution in [-0.2, 0) is 0 Å². The lowest BCUT2D eigenvalue weighted by atomic mass is 10.1. The molecule has 0 radical (unpaired) electrons. The Bertz CT molecular complexity index is 531. The fourth-order valence-electron chi connectivity index (χ4n) is 1.92. The Hall–Kier alpha value is -2.10. The van der Waals surface area contributed by atoms with Crippen LogP contribution in [0.1, 0.15) is 30.0 Å². The van der Waals surface area contributed by atoms with E-state index < -0.39 is 0 Å². The molecule has 1 unspecified atom stereocenters. The SMILES string of the molecule is Cc1cc(NC(C)c2cccc(N)c2)nc(C)n1. The summed E-state index contributed by atoms with van der Waals surface area (Å²) in [6.45, 7) is 5.94. The lowest BCUT2D eigenvalue weighted by Gasteiger charge is -2.16. The summed E-state index contributed by atoms with van der Waals surface area (Å²) in [5.74, 6) is 1.62. The third kappa shape index (κ3) is 2.97. The maximum Gasteiger partial charge on any atom is 0.130 e. The standard InChI is InChI=1S/C14H18N4/c1-9-7-14(18-11(3)16-9)17-10(2)12-5-4-6-13(15)8-12/h4-8,10H,15H2,1-3H3,(H,16,17,18). The third-order valence-electron chi connectivity index (χ3n) is 2.74. The number of nitrogen functional groups attached to an aromatic ring is 1. The number of nitrogens with one attached hydrogen (secondary N) is 1. The van der Waals surface area contributed by atoms with E-state index in [2.05, 4.69) is 28.3 Å². The highest BCUT2D eigenvalue weighted by molar-refractivity contribution is 5.45. The van der Waals surface area contributed by atoms with Gasteiger partial charge in [-0.3, -0.25) is 0 Å². The molecule has 0 amide bonds. The zero-order valence-electron chi connectivity index (χ0n) is 10.9. The fourth-order valence-corrected chi connectivity index (χ4v) is 1.92. The molecule has 0 spiro atoms. The second-order valence-electron chi connectivity index (χ2n) is 4.48. The van der Waals surface area contributed by atoms with Gasteiger partial charge in [0.25, 0.3) is 0 Å². The fraction of sp³-hybridized carbons (Fsp3) is 0.286. The highest BCUT2D eigenvalue weighted by Crippen LogP contribution is 2.19. The average molecular weight is 242 g/mol. The van der Waals surface area contributed by atoms with Gasteiger partial charge < -0.3 is 11.1 Å². The van der Waals surface area contributed by atoms with Gasteiger partial charge in [-0.1, -0.05) is 12.1 Å². The molecule has 0 fully saturated rings. The zero-order chi connectivity index (χ0) is 13.1. The largest absolute Gasteiger partial charge is 0.399 e. The number of aromatic nitrogens is 2. The molecular formula is C14H18N4. The molecule has 0 aliphatic heterocycles. The van der Waals surface area contributed by atoms with Gasteiger partial charge in [0.05, 0.1) is 6.04 Å². The summed E-state index contributed by atoms with van der Waals surface area (Å²) in [5.41, 5.74) is 8.66. The van der Waals surface area contributed by atoms with Crippen molar-refractivity contribution in [3.05, 3.63) is 47.4 Å². The summed E-state index contributed by atoms with van der Waals surface area (Å²) in [5, 5.41) is 3.36. The number of hydrogen-bond donors (Lipinski definition) is 2. The second kappa shape index (κ2) is 5.04. The van der Waals surface area contributed by atoms with E-state index in [0.717, 1.165) is 28.6 Å². The third-order valence-corrected chi connectivity index (χ3v) is 2.74. The summed E-state index contributed by atoms with van der Waals surface area (Å²) in [6.07, 6.45) is 0. The van der Waals surface area contributed by atoms with Crippen LogP contribution in [0, 0.1) is 13.8 Å². The normalized spacial score (nSPS) is 12.2. The molecule has 3 N–H and O–H groups in total. The van der Waals surface area contributed by atoms with Gasteiger partial charge in [0.15, 0.2) is 0 Å². The molecule has 1 atom stereocenters. The van der Waals surface area contributed by atoms with Crippen LogP contribution in [0.5, 0.6) is 0 Å². The number of benzene rings is 1. The predicted molar refractivity (Wildman–Crippen MR) is 74.4 cm³/mol. The predicted octanol–water partition coefficient (Wildman–Crippen LogP) is 2.85. The van der Waals surface area contributed by atoms with Crippen molar-refractivity contribution in [3.8, 4) is 0 Å². The van der Waals surface area contributed by atoms with E-state index in [4.69, 9.17) is 5.73 Å². The van der Waals surface area contributed by atoms with Gasteiger partial charge in [0.1, 0.15) is 11.6 Å². The molecule has 4 nitrogen and oxygen atoms in total. The van der Waals surface area contributed by atoms with Crippen molar-refractivity contribution < 1.29 is 0 Å². The van der Waals surface area contributed by atoms with E-state index >= 15 is 0 Å². The minimum atomic E-state index is 0.155. The molecule has 94 valence electrons. The molecule has 2 aromatic rings. The van der Waals surface area contributed by atoms with Crippen LogP contribution in [0.3, 0.4) is 0 Å². The smallest absolute Gasteiger partial charge is 0.130 e. The Labute approximate surface area is 107 Å². The van der Waals surface area contributed by atoms with E-state index in [9.17, 15) is 0 Å². The molecule has 18 heavy (non-hydrogen) atoms. The zero-order valence-corrected chi connectivity index (χ0v) is 10.9. The van der Waals surface area contributed by atoms with Gasteiger partial charge in [0, 0.05) is 17.4 Å². The molecule has 0 saturated heterocycles. The van der Waals surface area contributed by atoms with Crippen molar-refractivity contribution >= 4 is 11.5 Å². The number of hydrogen-bond acceptors (Lipinski definition) is 4. The minimum Gasteiger partial charge on any atom is -0.399 e. The van der Waals surface area contributed by atoms with Crippen LogP contribution in [0.15, 0.2) is 30.3 Å². The topological polar surface area (TPSA) is 63.8 Å². The summed E-state index contributed by atoms with van der Waals surface area (Å²) in [7, 11) is 0. The number of aryl methyl sites for hydroxylation is 2. The van der Waals surface area contributed by atoms with Crippen LogP contribution in [-0.4, -0.2) is 9.97 Å². The molecule has 2 rings (SSSR count). The number of rotatable bonds is 3. The molecule has 0 bridgehead atoms. The van der Waals surface area contributed by atoms with Crippen molar-refractivity contribution in [2.24, 2.45) is 0 Å². The molecule has 1 aromatic heterocycles. The molecule has 0 aliphatic carbocycles. The Morgan fingerprint density at radius 1 is 1.17 bits per heavy atom. The highest BCUT2D eigenvalue weighted by Gasteiger charge is 2.07.